The van der Waals surface area contributed by atoms with Gasteiger partial charge in [-0.2, -0.15) is 0 Å². The van der Waals surface area contributed by atoms with Crippen molar-refractivity contribution in [3.8, 4) is 0 Å². The SMILES string of the molecule is CCOC(=O)c1ccc(N2C(=O)[C@H]3[C@H](c4cccnc4)c4sc(=O)n(CC(=O)Nc5ccc6ccccc6c5)c4S[C@H]3C2=O)cc1. The topological polar surface area (TPSA) is 128 Å². The molecule has 2 aromatic heterocycles. The highest BCUT2D eigenvalue weighted by molar-refractivity contribution is 8.00. The van der Waals surface area contributed by atoms with Crippen LogP contribution in [0.5, 0.6) is 0 Å². The first kappa shape index (κ1) is 29.6. The van der Waals surface area contributed by atoms with Crippen molar-refractivity contribution >= 4 is 68.9 Å². The molecular formula is C34H26N4O6S2. The average Bonchev–Trinajstić information content (AvgIpc) is 3.51. The van der Waals surface area contributed by atoms with Gasteiger partial charge in [0, 0.05) is 28.9 Å². The van der Waals surface area contributed by atoms with Gasteiger partial charge in [-0.25, -0.2) is 9.69 Å². The number of imide groups is 1. The van der Waals surface area contributed by atoms with Crippen LogP contribution < -0.4 is 15.1 Å². The molecule has 2 aliphatic rings. The molecule has 2 aliphatic heterocycles. The summed E-state index contributed by atoms with van der Waals surface area (Å²) in [7, 11) is 0. The number of nitrogens with one attached hydrogen (secondary N) is 1. The molecule has 3 amide bonds. The summed E-state index contributed by atoms with van der Waals surface area (Å²) in [6.45, 7) is 1.67. The second-order valence-electron chi connectivity index (χ2n) is 10.8. The number of anilines is 2. The standard InChI is InChI=1S/C34H26N4O6S2/c1-2-44-33(42)20-10-13-24(14-11-20)38-30(40)27-26(22-8-5-15-35-17-22)29-32(45-28(27)31(38)41)37(34(43)46-29)18-25(39)36-23-12-9-19-6-3-4-7-21(19)16-23/h3-17,26-28H,2,18H2,1H3,(H,36,39)/t26-,27-,28+/m0/s1. The molecule has 0 saturated carbocycles. The van der Waals surface area contributed by atoms with E-state index in [1.807, 2.05) is 42.5 Å². The van der Waals surface area contributed by atoms with Gasteiger partial charge in [0.05, 0.1) is 28.8 Å². The smallest absolute Gasteiger partial charge is 0.338 e. The molecule has 4 heterocycles. The molecule has 5 aromatic rings. The van der Waals surface area contributed by atoms with Crippen molar-refractivity contribution in [3.05, 3.63) is 117 Å². The first-order valence-corrected chi connectivity index (χ1v) is 16.3. The van der Waals surface area contributed by atoms with E-state index in [0.717, 1.165) is 38.8 Å². The average molecular weight is 651 g/mol. The van der Waals surface area contributed by atoms with Crippen molar-refractivity contribution in [2.24, 2.45) is 5.92 Å². The molecule has 10 nitrogen and oxygen atoms in total. The minimum atomic E-state index is -0.848. The highest BCUT2D eigenvalue weighted by atomic mass is 32.2. The summed E-state index contributed by atoms with van der Waals surface area (Å²) in [5.74, 6) is -3.17. The number of pyridine rings is 1. The van der Waals surface area contributed by atoms with Gasteiger partial charge in [0.25, 0.3) is 0 Å². The number of thioether (sulfide) groups is 1. The van der Waals surface area contributed by atoms with Crippen LogP contribution in [0, 0.1) is 5.92 Å². The summed E-state index contributed by atoms with van der Waals surface area (Å²) in [5, 5.41) is 4.53. The maximum absolute atomic E-state index is 14.1. The van der Waals surface area contributed by atoms with Crippen LogP contribution in [0.2, 0.25) is 0 Å². The number of benzene rings is 3. The highest BCUT2D eigenvalue weighted by Gasteiger charge is 2.57. The van der Waals surface area contributed by atoms with Gasteiger partial charge in [-0.15, -0.1) is 0 Å². The fourth-order valence-corrected chi connectivity index (χ4v) is 8.77. The van der Waals surface area contributed by atoms with Gasteiger partial charge < -0.3 is 10.1 Å². The first-order chi connectivity index (χ1) is 22.3. The predicted molar refractivity (Wildman–Crippen MR) is 175 cm³/mol. The number of fused-ring (bicyclic) bond motifs is 3. The third-order valence-corrected chi connectivity index (χ3v) is 10.7. The van der Waals surface area contributed by atoms with E-state index in [2.05, 4.69) is 10.3 Å². The Morgan fingerprint density at radius 3 is 2.46 bits per heavy atom. The largest absolute Gasteiger partial charge is 0.462 e. The summed E-state index contributed by atoms with van der Waals surface area (Å²) in [6.07, 6.45) is 3.25. The second kappa shape index (κ2) is 12.0. The van der Waals surface area contributed by atoms with E-state index in [1.54, 1.807) is 43.6 Å². The molecule has 12 heteroatoms. The molecular weight excluding hydrogens is 625 g/mol. The molecule has 0 aliphatic carbocycles. The predicted octanol–water partition coefficient (Wildman–Crippen LogP) is 5.07. The van der Waals surface area contributed by atoms with Gasteiger partial charge in [0.2, 0.25) is 17.7 Å². The zero-order valence-corrected chi connectivity index (χ0v) is 26.0. The van der Waals surface area contributed by atoms with Gasteiger partial charge in [-0.3, -0.25) is 28.7 Å². The maximum atomic E-state index is 14.1. The first-order valence-electron chi connectivity index (χ1n) is 14.6. The van der Waals surface area contributed by atoms with Gasteiger partial charge in [0.1, 0.15) is 11.8 Å². The third kappa shape index (κ3) is 5.19. The number of hydrogen-bond donors (Lipinski definition) is 1. The maximum Gasteiger partial charge on any atom is 0.338 e. The Bertz CT molecular complexity index is 2080. The van der Waals surface area contributed by atoms with Gasteiger partial charge in [0.15, 0.2) is 0 Å². The number of thiazole rings is 1. The highest BCUT2D eigenvalue weighted by Crippen LogP contribution is 2.53. The molecule has 0 unspecified atom stereocenters. The Balaban J connectivity index is 1.22. The van der Waals surface area contributed by atoms with Crippen molar-refractivity contribution in [1.29, 1.82) is 0 Å². The second-order valence-corrected chi connectivity index (χ2v) is 13.0. The van der Waals surface area contributed by atoms with E-state index in [-0.39, 0.29) is 18.0 Å². The van der Waals surface area contributed by atoms with Crippen LogP contribution in [0.25, 0.3) is 10.8 Å². The van der Waals surface area contributed by atoms with Crippen LogP contribution in [0.3, 0.4) is 0 Å². The lowest BCUT2D eigenvalue weighted by Gasteiger charge is -2.30. The molecule has 0 spiro atoms. The van der Waals surface area contributed by atoms with Crippen molar-refractivity contribution in [2.75, 3.05) is 16.8 Å². The Labute approximate surface area is 271 Å². The zero-order valence-electron chi connectivity index (χ0n) is 24.4. The number of amides is 3. The van der Waals surface area contributed by atoms with Crippen LogP contribution >= 0.6 is 23.1 Å². The molecule has 0 bridgehead atoms. The molecule has 1 N–H and O–H groups in total. The Hall–Kier alpha value is -5.07. The molecule has 1 fully saturated rings. The minimum Gasteiger partial charge on any atom is -0.462 e. The molecule has 1 saturated heterocycles. The van der Waals surface area contributed by atoms with Crippen molar-refractivity contribution in [1.82, 2.24) is 9.55 Å². The number of rotatable bonds is 7. The Morgan fingerprint density at radius 2 is 1.72 bits per heavy atom. The summed E-state index contributed by atoms with van der Waals surface area (Å²) < 4.78 is 6.43. The van der Waals surface area contributed by atoms with Crippen molar-refractivity contribution < 1.29 is 23.9 Å². The molecule has 46 heavy (non-hydrogen) atoms. The fourth-order valence-electron chi connectivity index (χ4n) is 6.00. The lowest BCUT2D eigenvalue weighted by atomic mass is 9.84. The number of hydrogen-bond acceptors (Lipinski definition) is 9. The lowest BCUT2D eigenvalue weighted by molar-refractivity contribution is -0.122. The van der Waals surface area contributed by atoms with Crippen LogP contribution in [-0.2, 0) is 25.7 Å². The number of carbonyl (C=O) groups excluding carboxylic acids is 4. The summed E-state index contributed by atoms with van der Waals surface area (Å²) >= 11 is 2.11. The van der Waals surface area contributed by atoms with Crippen molar-refractivity contribution in [3.63, 3.8) is 0 Å². The van der Waals surface area contributed by atoms with Crippen LogP contribution in [-0.4, -0.2) is 45.1 Å². The van der Waals surface area contributed by atoms with Gasteiger partial charge >= 0.3 is 10.8 Å². The number of esters is 1. The van der Waals surface area contributed by atoms with E-state index in [4.69, 9.17) is 4.74 Å². The van der Waals surface area contributed by atoms with Crippen LogP contribution in [0.1, 0.15) is 33.6 Å². The van der Waals surface area contributed by atoms with Crippen LogP contribution in [0.4, 0.5) is 11.4 Å². The number of nitrogens with zero attached hydrogens (tertiary/aromatic N) is 3. The molecule has 3 aromatic carbocycles. The van der Waals surface area contributed by atoms with Crippen molar-refractivity contribution in [2.45, 2.75) is 29.7 Å². The Morgan fingerprint density at radius 1 is 0.935 bits per heavy atom. The van der Waals surface area contributed by atoms with Gasteiger partial charge in [-0.1, -0.05) is 59.5 Å². The number of carbonyl (C=O) groups is 4. The molecule has 230 valence electrons. The van der Waals surface area contributed by atoms with E-state index in [0.29, 0.717) is 32.4 Å². The summed E-state index contributed by atoms with van der Waals surface area (Å²) in [4.78, 5) is 72.5. The third-order valence-electron chi connectivity index (χ3n) is 8.06. The Kier molecular flexibility index (Phi) is 7.75. The van der Waals surface area contributed by atoms with E-state index < -0.39 is 40.8 Å². The van der Waals surface area contributed by atoms with E-state index in [9.17, 15) is 24.0 Å². The monoisotopic (exact) mass is 650 g/mol. The normalized spacial score (nSPS) is 18.7. The van der Waals surface area contributed by atoms with Gasteiger partial charge in [-0.05, 0) is 65.7 Å². The molecule has 3 atom stereocenters. The fraction of sp³-hybridized carbons (Fsp3) is 0.176. The minimum absolute atomic E-state index is 0.223. The van der Waals surface area contributed by atoms with E-state index in [1.165, 1.54) is 16.7 Å². The quantitative estimate of drug-likeness (QED) is 0.191. The lowest BCUT2D eigenvalue weighted by Crippen LogP contribution is -2.33. The number of ether oxygens (including phenoxy) is 1. The summed E-state index contributed by atoms with van der Waals surface area (Å²) in [5.41, 5.74) is 1.92. The summed E-state index contributed by atoms with van der Waals surface area (Å²) in [6, 6.07) is 23.1. The van der Waals surface area contributed by atoms with Crippen LogP contribution in [0.15, 0.2) is 101 Å². The van der Waals surface area contributed by atoms with E-state index >= 15 is 0 Å². The molecule has 7 rings (SSSR count). The number of aromatic nitrogens is 2. The molecule has 0 radical (unpaired) electrons. The zero-order chi connectivity index (χ0) is 31.9.